The van der Waals surface area contributed by atoms with E-state index < -0.39 is 21.8 Å². The van der Waals surface area contributed by atoms with E-state index in [1.165, 1.54) is 17.4 Å². The maximum absolute atomic E-state index is 13.4. The Morgan fingerprint density at radius 3 is 2.53 bits per heavy atom. The van der Waals surface area contributed by atoms with Gasteiger partial charge in [-0.2, -0.15) is 24.5 Å². The molecule has 0 unspecified atom stereocenters. The number of thiophene rings is 1. The van der Waals surface area contributed by atoms with E-state index in [9.17, 15) is 21.6 Å². The Morgan fingerprint density at radius 1 is 1.10 bits per heavy atom. The molecule has 0 aliphatic heterocycles. The maximum atomic E-state index is 13.4. The van der Waals surface area contributed by atoms with Crippen LogP contribution in [0.2, 0.25) is 0 Å². The molecule has 0 amide bonds. The van der Waals surface area contributed by atoms with Crippen molar-refractivity contribution in [3.05, 3.63) is 53.2 Å². The molecule has 30 heavy (non-hydrogen) atoms. The second-order valence-electron chi connectivity index (χ2n) is 7.30. The van der Waals surface area contributed by atoms with Crippen LogP contribution in [0.5, 0.6) is 0 Å². The highest BCUT2D eigenvalue weighted by atomic mass is 32.2. The van der Waals surface area contributed by atoms with Crippen molar-refractivity contribution in [1.82, 2.24) is 19.5 Å². The van der Waals surface area contributed by atoms with E-state index in [2.05, 4.69) is 14.9 Å². The van der Waals surface area contributed by atoms with Crippen LogP contribution in [-0.2, 0) is 16.2 Å². The van der Waals surface area contributed by atoms with Gasteiger partial charge in [-0.25, -0.2) is 13.1 Å². The molecule has 2 atom stereocenters. The molecule has 1 aliphatic rings. The van der Waals surface area contributed by atoms with Gasteiger partial charge >= 0.3 is 6.18 Å². The average molecular weight is 457 g/mol. The van der Waals surface area contributed by atoms with E-state index in [0.717, 1.165) is 18.9 Å². The minimum Gasteiger partial charge on any atom is -0.317 e. The zero-order chi connectivity index (χ0) is 21.4. The Hall–Kier alpha value is -2.24. The van der Waals surface area contributed by atoms with Crippen LogP contribution in [0.15, 0.2) is 52.6 Å². The Bertz CT molecular complexity index is 1100. The molecular formula is C19H19F3N4O2S2. The predicted octanol–water partition coefficient (Wildman–Crippen LogP) is 4.49. The number of alkyl halides is 3. The number of aromatic nitrogens is 3. The first-order valence-electron chi connectivity index (χ1n) is 9.34. The summed E-state index contributed by atoms with van der Waals surface area (Å²) < 4.78 is 70.7. The smallest absolute Gasteiger partial charge is 0.317 e. The minimum absolute atomic E-state index is 0.0457. The Kier molecular flexibility index (Phi) is 5.69. The molecule has 11 heteroatoms. The van der Waals surface area contributed by atoms with Crippen LogP contribution in [0.4, 0.5) is 13.2 Å². The first-order chi connectivity index (χ1) is 14.2. The van der Waals surface area contributed by atoms with Crippen LogP contribution in [-0.4, -0.2) is 29.2 Å². The van der Waals surface area contributed by atoms with Crippen molar-refractivity contribution in [2.75, 3.05) is 0 Å². The summed E-state index contributed by atoms with van der Waals surface area (Å²) in [4.78, 5) is -0.384. The van der Waals surface area contributed by atoms with E-state index in [1.807, 2.05) is 4.57 Å². The van der Waals surface area contributed by atoms with Crippen molar-refractivity contribution in [3.63, 3.8) is 0 Å². The van der Waals surface area contributed by atoms with Gasteiger partial charge in [0.15, 0.2) is 0 Å². The van der Waals surface area contributed by atoms with Crippen LogP contribution >= 0.6 is 11.3 Å². The van der Waals surface area contributed by atoms with Crippen LogP contribution in [0.25, 0.3) is 11.1 Å². The van der Waals surface area contributed by atoms with E-state index in [-0.39, 0.29) is 22.5 Å². The largest absolute Gasteiger partial charge is 0.416 e. The molecule has 0 bridgehead atoms. The molecule has 1 aromatic carbocycles. The number of hydrogen-bond acceptors (Lipinski definition) is 5. The third kappa shape index (κ3) is 4.57. The number of benzene rings is 1. The van der Waals surface area contributed by atoms with Crippen molar-refractivity contribution in [1.29, 1.82) is 0 Å². The molecule has 6 nitrogen and oxygen atoms in total. The molecule has 3 aromatic rings. The molecule has 1 saturated carbocycles. The highest BCUT2D eigenvalue weighted by molar-refractivity contribution is 7.89. The zero-order valence-corrected chi connectivity index (χ0v) is 17.3. The summed E-state index contributed by atoms with van der Waals surface area (Å²) in [5.74, 6) is 0. The number of nitrogens with zero attached hydrogens (tertiary/aromatic N) is 3. The monoisotopic (exact) mass is 456 g/mol. The van der Waals surface area contributed by atoms with E-state index in [1.54, 1.807) is 29.5 Å². The Labute approximate surface area is 175 Å². The molecule has 1 aliphatic carbocycles. The molecule has 0 spiro atoms. The molecule has 0 saturated heterocycles. The van der Waals surface area contributed by atoms with Gasteiger partial charge < -0.3 is 4.57 Å². The van der Waals surface area contributed by atoms with Gasteiger partial charge in [-0.1, -0.05) is 0 Å². The van der Waals surface area contributed by atoms with Gasteiger partial charge in [0.05, 0.1) is 10.5 Å². The van der Waals surface area contributed by atoms with E-state index in [4.69, 9.17) is 0 Å². The summed E-state index contributed by atoms with van der Waals surface area (Å²) in [6, 6.07) is 4.29. The normalized spacial score (nSPS) is 20.4. The molecule has 1 N–H and O–H groups in total. The lowest BCUT2D eigenvalue weighted by Gasteiger charge is -2.30. The summed E-state index contributed by atoms with van der Waals surface area (Å²) in [5, 5.41) is 11.0. The maximum Gasteiger partial charge on any atom is 0.416 e. The fourth-order valence-electron chi connectivity index (χ4n) is 3.74. The van der Waals surface area contributed by atoms with Crippen molar-refractivity contribution in [3.8, 4) is 11.1 Å². The van der Waals surface area contributed by atoms with Gasteiger partial charge in [0.25, 0.3) is 0 Å². The first-order valence-corrected chi connectivity index (χ1v) is 11.8. The third-order valence-electron chi connectivity index (χ3n) is 5.23. The van der Waals surface area contributed by atoms with Gasteiger partial charge in [0.1, 0.15) is 12.7 Å². The fourth-order valence-corrected chi connectivity index (χ4v) is 5.76. The van der Waals surface area contributed by atoms with Gasteiger partial charge in [-0.15, -0.1) is 10.2 Å². The standard InChI is InChI=1S/C19H19F3N4O2S2/c20-19(21,22)15-6-14(13-4-5-29-10-13)7-18(8-15)30(27,28)25-16-2-1-3-17(9-16)26-11-23-24-12-26/h4-8,10-12,16-17,25H,1-3,9H2/t16-,17+/m0/s1. The zero-order valence-electron chi connectivity index (χ0n) is 15.7. The van der Waals surface area contributed by atoms with Crippen molar-refractivity contribution < 1.29 is 21.6 Å². The van der Waals surface area contributed by atoms with Crippen molar-refractivity contribution >= 4 is 21.4 Å². The molecular weight excluding hydrogens is 437 g/mol. The van der Waals surface area contributed by atoms with Crippen LogP contribution in [0.1, 0.15) is 37.3 Å². The number of rotatable bonds is 5. The topological polar surface area (TPSA) is 76.9 Å². The lowest BCUT2D eigenvalue weighted by Crippen LogP contribution is -2.38. The van der Waals surface area contributed by atoms with Gasteiger partial charge in [-0.05, 0) is 71.8 Å². The quantitative estimate of drug-likeness (QED) is 0.614. The number of halogens is 3. The summed E-state index contributed by atoms with van der Waals surface area (Å²) in [6.07, 6.45) is 1.31. The predicted molar refractivity (Wildman–Crippen MR) is 106 cm³/mol. The molecule has 0 radical (unpaired) electrons. The molecule has 160 valence electrons. The first kappa shape index (κ1) is 21.0. The fraction of sp³-hybridized carbons (Fsp3) is 0.368. The van der Waals surface area contributed by atoms with Crippen LogP contribution < -0.4 is 4.72 Å². The summed E-state index contributed by atoms with van der Waals surface area (Å²) in [5.41, 5.74) is -0.220. The van der Waals surface area contributed by atoms with Gasteiger partial charge in [0, 0.05) is 12.1 Å². The van der Waals surface area contributed by atoms with Crippen LogP contribution in [0.3, 0.4) is 0 Å². The summed E-state index contributed by atoms with van der Waals surface area (Å²) in [6.45, 7) is 0. The SMILES string of the molecule is O=S(=O)(N[C@H]1CCC[C@@H](n2cnnc2)C1)c1cc(-c2ccsc2)cc(C(F)(F)F)c1. The van der Waals surface area contributed by atoms with Crippen molar-refractivity contribution in [2.24, 2.45) is 0 Å². The van der Waals surface area contributed by atoms with Gasteiger partial charge in [0.2, 0.25) is 10.0 Å². The van der Waals surface area contributed by atoms with Crippen LogP contribution in [0, 0.1) is 0 Å². The number of hydrogen-bond donors (Lipinski definition) is 1. The average Bonchev–Trinajstić information content (AvgIpc) is 3.41. The second-order valence-corrected chi connectivity index (χ2v) is 9.80. The second kappa shape index (κ2) is 8.12. The minimum atomic E-state index is -4.65. The Balaban J connectivity index is 1.62. The number of sulfonamides is 1. The lowest BCUT2D eigenvalue weighted by molar-refractivity contribution is -0.137. The molecule has 4 rings (SSSR count). The highest BCUT2D eigenvalue weighted by Crippen LogP contribution is 2.36. The third-order valence-corrected chi connectivity index (χ3v) is 7.41. The van der Waals surface area contributed by atoms with E-state index >= 15 is 0 Å². The number of nitrogens with one attached hydrogen (secondary N) is 1. The van der Waals surface area contributed by atoms with E-state index in [0.29, 0.717) is 24.5 Å². The van der Waals surface area contributed by atoms with Crippen molar-refractivity contribution in [2.45, 2.75) is 48.8 Å². The highest BCUT2D eigenvalue weighted by Gasteiger charge is 2.34. The Morgan fingerprint density at radius 2 is 1.87 bits per heavy atom. The summed E-state index contributed by atoms with van der Waals surface area (Å²) in [7, 11) is -4.14. The van der Waals surface area contributed by atoms with Gasteiger partial charge in [-0.3, -0.25) is 0 Å². The molecule has 1 fully saturated rings. The molecule has 2 aromatic heterocycles. The lowest BCUT2D eigenvalue weighted by atomic mass is 9.91. The summed E-state index contributed by atoms with van der Waals surface area (Å²) >= 11 is 1.33. The molecule has 2 heterocycles.